The Morgan fingerprint density at radius 1 is 0.258 bits per heavy atom. The minimum absolute atomic E-state index is 0. The molecule has 12 aromatic carbocycles. The molecule has 0 bridgehead atoms. The van der Waals surface area contributed by atoms with E-state index in [1.54, 1.807) is 12.1 Å². The van der Waals surface area contributed by atoms with E-state index in [9.17, 15) is 38.9 Å². The molecule has 34 nitrogen and oxygen atoms in total. The minimum atomic E-state index is -4.67. The molecular weight excluding hydrogens is 1710 g/mol. The van der Waals surface area contributed by atoms with Gasteiger partial charge in [0.1, 0.15) is 42.0 Å². The maximum Gasteiger partial charge on any atom is 1.00 e. The zero-order chi connectivity index (χ0) is 83.6. The summed E-state index contributed by atoms with van der Waals surface area (Å²) in [4.78, 5) is 54.5. The molecule has 0 fully saturated rings. The van der Waals surface area contributed by atoms with Crippen LogP contribution in [0.1, 0.15) is 22.8 Å². The maximum absolute atomic E-state index is 11.7. The fourth-order valence-electron chi connectivity index (χ4n) is 11.9. The number of nitrogens with zero attached hydrogens (tertiary/aromatic N) is 12. The van der Waals surface area contributed by atoms with E-state index in [0.29, 0.717) is 58.7 Å². The summed E-state index contributed by atoms with van der Waals surface area (Å²) in [7, 11) is -17.0. The van der Waals surface area contributed by atoms with Gasteiger partial charge >= 0.3 is 129 Å². The van der Waals surface area contributed by atoms with Crippen LogP contribution >= 0.6 is 0 Å². The molecule has 4 aromatic heterocycles. The molecule has 0 aliphatic heterocycles. The molecule has 0 atom stereocenters. The summed E-state index contributed by atoms with van der Waals surface area (Å²) in [5.41, 5.74) is 8.30. The molecule has 0 saturated carbocycles. The Bertz CT molecular complexity index is 6610. The summed E-state index contributed by atoms with van der Waals surface area (Å²) in [5, 5.41) is 35.5. The number of para-hydroxylation sites is 4. The second-order valence-corrected chi connectivity index (χ2v) is 30.1. The summed E-state index contributed by atoms with van der Waals surface area (Å²) < 4.78 is 129. The smallest absolute Gasteiger partial charge is 0.744 e. The van der Waals surface area contributed by atoms with Gasteiger partial charge in [-0.05, 0) is 149 Å². The second kappa shape index (κ2) is 44.2. The predicted octanol–water partition coefficient (Wildman–Crippen LogP) is 2.56. The van der Waals surface area contributed by atoms with Gasteiger partial charge in [-0.1, -0.05) is 145 Å². The van der Waals surface area contributed by atoms with Crippen molar-refractivity contribution in [2.24, 2.45) is 0 Å². The van der Waals surface area contributed by atoms with Crippen LogP contribution in [0.15, 0.2) is 306 Å². The van der Waals surface area contributed by atoms with E-state index in [4.69, 9.17) is 22.6 Å². The summed E-state index contributed by atoms with van der Waals surface area (Å²) in [6.45, 7) is 0. The van der Waals surface area contributed by atoms with Crippen molar-refractivity contribution in [1.82, 2.24) is 59.8 Å². The zero-order valence-electron chi connectivity index (χ0n) is 66.0. The first-order chi connectivity index (χ1) is 57.9. The molecule has 0 amide bonds. The van der Waals surface area contributed by atoms with Crippen molar-refractivity contribution in [3.8, 4) is 0 Å². The molecule has 10 N–H and O–H groups in total. The average Bonchev–Trinajstić information content (AvgIpc) is 0.797. The fraction of sp³-hybridized carbons (Fsp3) is 0.0244. The third-order valence-electron chi connectivity index (χ3n) is 17.1. The van der Waals surface area contributed by atoms with Gasteiger partial charge in [-0.3, -0.25) is 0 Å². The Labute approximate surface area is 800 Å². The van der Waals surface area contributed by atoms with Crippen LogP contribution in [0.2, 0.25) is 0 Å². The quantitative estimate of drug-likeness (QED) is 0.0201. The molecule has 42 heteroatoms. The van der Waals surface area contributed by atoms with Gasteiger partial charge in [0.2, 0.25) is 59.5 Å². The van der Waals surface area contributed by atoms with Gasteiger partial charge < -0.3 is 66.8 Å². The molecule has 16 rings (SSSR count). The fourth-order valence-corrected chi connectivity index (χ4v) is 13.4. The molecule has 0 spiro atoms. The molecule has 0 saturated heterocycles. The van der Waals surface area contributed by atoms with Crippen molar-refractivity contribution in [2.45, 2.75) is 27.5 Å². The largest absolute Gasteiger partial charge is 1.00 e. The Balaban J connectivity index is 0.000000242. The molecule has 0 unspecified atom stereocenters. The van der Waals surface area contributed by atoms with Crippen LogP contribution in [0, 0.1) is 6.07 Å². The first-order valence-electron chi connectivity index (χ1n) is 35.8. The van der Waals surface area contributed by atoms with E-state index < -0.39 is 41.0 Å². The third-order valence-corrected chi connectivity index (χ3v) is 19.6. The van der Waals surface area contributed by atoms with Crippen LogP contribution in [0.5, 0.6) is 0 Å². The van der Waals surface area contributed by atoms with Crippen molar-refractivity contribution < 1.29 is 170 Å². The van der Waals surface area contributed by atoms with E-state index in [0.717, 1.165) is 66.8 Å². The van der Waals surface area contributed by atoms with Gasteiger partial charge in [-0.2, -0.15) is 84.1 Å². The number of anilines is 20. The van der Waals surface area contributed by atoms with E-state index in [2.05, 4.69) is 109 Å². The summed E-state index contributed by atoms with van der Waals surface area (Å²) >= 11 is 0. The van der Waals surface area contributed by atoms with Crippen LogP contribution in [0.3, 0.4) is 0 Å². The average molecular weight is 1770 g/mol. The topological polar surface area (TPSA) is 498 Å². The van der Waals surface area contributed by atoms with Crippen LogP contribution < -0.4 is 171 Å². The van der Waals surface area contributed by atoms with E-state index in [-0.39, 0.29) is 181 Å². The SMILES string of the molecule is O=S(=O)([O-])c1ccc(Nc2nc(Cc3cccc4c(Nc5nc(Nc6ccccc6)nc(Nc6ccc(S(=O)(=O)[O-])cc6)n5)cccc34)nc(Nc3ccccc3)n2)cc1.O=S(=O)([O-])c1cccc(Nc2nc(Cc3cccc4c(Nc5nc(Nc6c[c-]ccc6)nc(Nc6ccccc6)n5)cccc34)nc(Nc3ccccc3)n2)c1.O=S(=O)=O.[Na+].[Na+].[Na+].[Na+]. The summed E-state index contributed by atoms with van der Waals surface area (Å²) in [6, 6.07) is 87.8. The molecule has 0 aliphatic rings. The van der Waals surface area contributed by atoms with Crippen molar-refractivity contribution in [2.75, 3.05) is 53.2 Å². The Morgan fingerprint density at radius 2 is 0.516 bits per heavy atom. The Hall–Kier alpha value is -11.5. The van der Waals surface area contributed by atoms with Crippen LogP contribution in [-0.2, 0) is 53.8 Å². The second-order valence-electron chi connectivity index (χ2n) is 25.5. The maximum atomic E-state index is 11.7. The van der Waals surface area contributed by atoms with Crippen LogP contribution in [-0.4, -0.2) is 111 Å². The van der Waals surface area contributed by atoms with Crippen LogP contribution in [0.4, 0.5) is 116 Å². The molecule has 600 valence electrons. The number of fused-ring (bicyclic) bond motifs is 2. The standard InChI is InChI=1S/C41H33N11O6S2.C41H32N11O3S.4Na.O3S/c53-59(54,55)31-21-17-29(18-22-31)44-38-48-36(47-37(49-38)42-27-10-3-1-4-11-27)25-26-9-7-15-34-33(26)14-8-16-35(34)46-41-51-39(43-28-12-5-2-6-13-28)50-40(52-41)45-30-19-23-32(24-20-30)60(56,57)58;53-56(54,55)32-21-11-20-31(26-32)45-38-48-36(47-37(49-38)42-28-14-4-1-5-15-28)25-27-13-10-23-34-33(27)22-12-24-35(34)46-41-51-39(43-29-16-6-2-7-17-29)50-40(52-41)44-30-18-8-3-9-19-30;;;;;1-4(2)3/h1-24H,25H2,(H,53,54,55)(H,56,57,58)(H2,42,44,47,48,49)(H3,43,45,46,50,51,52);1-8,10-24,26H,25H2,(H,53,54,55)(H2,42,45,47,48,49)(H3,43,44,46,50,51,52);;;;;/q;-1;4*+1;/p-3. The number of benzene rings is 12. The Morgan fingerprint density at radius 3 is 0.831 bits per heavy atom. The van der Waals surface area contributed by atoms with Gasteiger partial charge in [0.05, 0.1) is 14.7 Å². The predicted molar refractivity (Wildman–Crippen MR) is 450 cm³/mol. The minimum Gasteiger partial charge on any atom is -0.744 e. The first-order valence-corrected chi connectivity index (χ1v) is 41.0. The van der Waals surface area contributed by atoms with E-state index >= 15 is 0 Å². The molecule has 0 aliphatic carbocycles. The molecule has 0 radical (unpaired) electrons. The molecule has 124 heavy (non-hydrogen) atoms. The third kappa shape index (κ3) is 27.3. The normalized spacial score (nSPS) is 10.8. The molecular formula is C82H62N22Na4O12S4. The van der Waals surface area contributed by atoms with Gasteiger partial charge in [0.25, 0.3) is 0 Å². The number of hydrogen-bond acceptors (Lipinski definition) is 34. The van der Waals surface area contributed by atoms with Gasteiger partial charge in [-0.15, -0.1) is 18.7 Å². The van der Waals surface area contributed by atoms with Crippen molar-refractivity contribution in [1.29, 1.82) is 0 Å². The first kappa shape index (κ1) is 94.8. The number of aromatic nitrogens is 12. The molecule has 16 aromatic rings. The summed E-state index contributed by atoms with van der Waals surface area (Å²) in [6.07, 6.45) is 0.599. The van der Waals surface area contributed by atoms with Crippen molar-refractivity contribution in [3.63, 3.8) is 0 Å². The zero-order valence-corrected chi connectivity index (χ0v) is 77.3. The van der Waals surface area contributed by atoms with Crippen molar-refractivity contribution >= 4 is 179 Å². The van der Waals surface area contributed by atoms with Gasteiger partial charge in [0.15, 0.2) is 0 Å². The number of nitrogens with one attached hydrogen (secondary N) is 10. The summed E-state index contributed by atoms with van der Waals surface area (Å²) in [5.74, 6) is 3.26. The number of rotatable bonds is 27. The number of hydrogen-bond donors (Lipinski definition) is 10. The molecule has 4 heterocycles. The van der Waals surface area contributed by atoms with Crippen molar-refractivity contribution in [3.05, 3.63) is 320 Å². The monoisotopic (exact) mass is 1770 g/mol. The Kier molecular flexibility index (Phi) is 33.8. The van der Waals surface area contributed by atoms with Gasteiger partial charge in [-0.25, -0.2) is 25.3 Å². The van der Waals surface area contributed by atoms with Gasteiger partial charge in [0, 0.05) is 74.8 Å². The van der Waals surface area contributed by atoms with Crippen LogP contribution in [0.25, 0.3) is 21.5 Å². The van der Waals surface area contributed by atoms with E-state index in [1.807, 2.05) is 212 Å². The van der Waals surface area contributed by atoms with E-state index in [1.165, 1.54) is 66.7 Å².